The van der Waals surface area contributed by atoms with Crippen molar-refractivity contribution < 1.29 is 9.26 Å². The van der Waals surface area contributed by atoms with Gasteiger partial charge in [0.25, 0.3) is 5.89 Å². The number of hydrogen-bond donors (Lipinski definition) is 0. The maximum Gasteiger partial charge on any atom is 0.250 e. The lowest BCUT2D eigenvalue weighted by atomic mass is 10.2. The van der Waals surface area contributed by atoms with Crippen LogP contribution in [-0.4, -0.2) is 37.0 Å². The van der Waals surface area contributed by atoms with Gasteiger partial charge in [-0.25, -0.2) is 0 Å². The molecule has 0 radical (unpaired) electrons. The SMILES string of the molecule is CCOc1ccc(-c2nnn(Cc3nc(-c4cccs4)no3)n2)cc1. The molecular formula is C16H14N6O2S. The normalized spacial score (nSPS) is 10.9. The van der Waals surface area contributed by atoms with Gasteiger partial charge in [0.2, 0.25) is 11.6 Å². The average Bonchev–Trinajstić information content (AvgIpc) is 3.38. The quantitative estimate of drug-likeness (QED) is 0.525. The van der Waals surface area contributed by atoms with E-state index in [2.05, 4.69) is 25.6 Å². The van der Waals surface area contributed by atoms with Crippen LogP contribution in [0.1, 0.15) is 12.8 Å². The molecule has 8 nitrogen and oxygen atoms in total. The first-order valence-corrected chi connectivity index (χ1v) is 8.57. The highest BCUT2D eigenvalue weighted by atomic mass is 32.1. The van der Waals surface area contributed by atoms with E-state index in [0.717, 1.165) is 16.2 Å². The second-order valence-electron chi connectivity index (χ2n) is 5.09. The predicted octanol–water partition coefficient (Wildman–Crippen LogP) is 2.90. The maximum atomic E-state index is 5.43. The summed E-state index contributed by atoms with van der Waals surface area (Å²) in [7, 11) is 0. The van der Waals surface area contributed by atoms with E-state index < -0.39 is 0 Å². The summed E-state index contributed by atoms with van der Waals surface area (Å²) in [6.07, 6.45) is 0. The lowest BCUT2D eigenvalue weighted by Crippen LogP contribution is -2.04. The monoisotopic (exact) mass is 354 g/mol. The standard InChI is InChI=1S/C16H14N6O2S/c1-2-23-12-7-5-11(6-8-12)15-18-21-22(19-15)10-14-17-16(20-24-14)13-4-3-9-25-13/h3-9H,2,10H2,1H3. The summed E-state index contributed by atoms with van der Waals surface area (Å²) in [5, 5.41) is 18.4. The van der Waals surface area contributed by atoms with E-state index in [1.165, 1.54) is 4.80 Å². The van der Waals surface area contributed by atoms with Crippen LogP contribution in [0.15, 0.2) is 46.3 Å². The number of aromatic nitrogens is 6. The van der Waals surface area contributed by atoms with Crippen molar-refractivity contribution in [3.8, 4) is 27.8 Å². The zero-order valence-corrected chi connectivity index (χ0v) is 14.2. The topological polar surface area (TPSA) is 91.8 Å². The van der Waals surface area contributed by atoms with Crippen LogP contribution in [0, 0.1) is 0 Å². The van der Waals surface area contributed by atoms with Crippen LogP contribution >= 0.6 is 11.3 Å². The number of thiophene rings is 1. The Morgan fingerprint density at radius 3 is 2.80 bits per heavy atom. The van der Waals surface area contributed by atoms with Crippen LogP contribution in [0.25, 0.3) is 22.1 Å². The second kappa shape index (κ2) is 6.81. The van der Waals surface area contributed by atoms with Crippen molar-refractivity contribution in [1.29, 1.82) is 0 Å². The smallest absolute Gasteiger partial charge is 0.250 e. The molecule has 0 fully saturated rings. The zero-order chi connectivity index (χ0) is 17.1. The fourth-order valence-corrected chi connectivity index (χ4v) is 2.89. The van der Waals surface area contributed by atoms with Gasteiger partial charge >= 0.3 is 0 Å². The molecule has 0 aliphatic heterocycles. The Hall–Kier alpha value is -3.07. The zero-order valence-electron chi connectivity index (χ0n) is 13.4. The third-order valence-electron chi connectivity index (χ3n) is 3.36. The molecule has 0 aliphatic rings. The van der Waals surface area contributed by atoms with Gasteiger partial charge in [0.15, 0.2) is 0 Å². The van der Waals surface area contributed by atoms with Crippen molar-refractivity contribution in [2.24, 2.45) is 0 Å². The van der Waals surface area contributed by atoms with E-state index in [1.807, 2.05) is 48.7 Å². The molecule has 0 aliphatic carbocycles. The Kier molecular flexibility index (Phi) is 4.21. The third kappa shape index (κ3) is 3.41. The van der Waals surface area contributed by atoms with Crippen molar-refractivity contribution in [1.82, 2.24) is 30.3 Å². The van der Waals surface area contributed by atoms with Crippen molar-refractivity contribution >= 4 is 11.3 Å². The second-order valence-corrected chi connectivity index (χ2v) is 6.04. The molecule has 3 aromatic heterocycles. The first-order chi connectivity index (χ1) is 12.3. The van der Waals surface area contributed by atoms with Gasteiger partial charge in [-0.05, 0) is 47.8 Å². The van der Waals surface area contributed by atoms with Crippen molar-refractivity contribution in [3.63, 3.8) is 0 Å². The summed E-state index contributed by atoms with van der Waals surface area (Å²) in [5.41, 5.74) is 0.861. The lowest BCUT2D eigenvalue weighted by molar-refractivity contribution is 0.340. The Labute approximate surface area is 147 Å². The van der Waals surface area contributed by atoms with E-state index in [1.54, 1.807) is 11.3 Å². The van der Waals surface area contributed by atoms with E-state index >= 15 is 0 Å². The predicted molar refractivity (Wildman–Crippen MR) is 91.1 cm³/mol. The van der Waals surface area contributed by atoms with E-state index in [0.29, 0.717) is 24.1 Å². The van der Waals surface area contributed by atoms with Gasteiger partial charge in [0.05, 0.1) is 11.5 Å². The summed E-state index contributed by atoms with van der Waals surface area (Å²) in [6.45, 7) is 2.84. The van der Waals surface area contributed by atoms with Crippen molar-refractivity contribution in [2.75, 3.05) is 6.61 Å². The van der Waals surface area contributed by atoms with Gasteiger partial charge in [-0.15, -0.1) is 21.5 Å². The summed E-state index contributed by atoms with van der Waals surface area (Å²) in [5.74, 6) is 2.34. The molecule has 1 aromatic carbocycles. The summed E-state index contributed by atoms with van der Waals surface area (Å²) >= 11 is 1.56. The largest absolute Gasteiger partial charge is 0.494 e. The number of tetrazole rings is 1. The van der Waals surface area contributed by atoms with E-state index in [9.17, 15) is 0 Å². The highest BCUT2D eigenvalue weighted by molar-refractivity contribution is 7.13. The van der Waals surface area contributed by atoms with Gasteiger partial charge in [-0.2, -0.15) is 9.78 Å². The van der Waals surface area contributed by atoms with Crippen molar-refractivity contribution in [2.45, 2.75) is 13.5 Å². The lowest BCUT2D eigenvalue weighted by Gasteiger charge is -2.02. The molecule has 4 rings (SSSR count). The first-order valence-electron chi connectivity index (χ1n) is 7.69. The third-order valence-corrected chi connectivity index (χ3v) is 4.23. The number of rotatable bonds is 6. The number of ether oxygens (including phenoxy) is 1. The van der Waals surface area contributed by atoms with Gasteiger partial charge < -0.3 is 9.26 Å². The van der Waals surface area contributed by atoms with Gasteiger partial charge in [-0.3, -0.25) is 0 Å². The molecule has 0 saturated carbocycles. The molecule has 0 amide bonds. The molecular weight excluding hydrogens is 340 g/mol. The molecule has 0 spiro atoms. The van der Waals surface area contributed by atoms with Crippen LogP contribution in [-0.2, 0) is 6.54 Å². The highest BCUT2D eigenvalue weighted by Crippen LogP contribution is 2.22. The molecule has 0 unspecified atom stereocenters. The van der Waals surface area contributed by atoms with Crippen LogP contribution in [0.4, 0.5) is 0 Å². The molecule has 25 heavy (non-hydrogen) atoms. The minimum atomic E-state index is 0.266. The summed E-state index contributed by atoms with van der Waals surface area (Å²) in [4.78, 5) is 6.73. The fraction of sp³-hybridized carbons (Fsp3) is 0.188. The number of benzene rings is 1. The molecule has 0 N–H and O–H groups in total. The van der Waals surface area contributed by atoms with Crippen LogP contribution in [0.3, 0.4) is 0 Å². The molecule has 126 valence electrons. The molecule has 0 atom stereocenters. The summed E-state index contributed by atoms with van der Waals surface area (Å²) in [6, 6.07) is 11.4. The minimum Gasteiger partial charge on any atom is -0.494 e. The minimum absolute atomic E-state index is 0.266. The first kappa shape index (κ1) is 15.5. The van der Waals surface area contributed by atoms with Crippen LogP contribution < -0.4 is 4.74 Å². The summed E-state index contributed by atoms with van der Waals surface area (Å²) < 4.78 is 10.7. The average molecular weight is 354 g/mol. The molecule has 9 heteroatoms. The molecule has 0 bridgehead atoms. The number of nitrogens with zero attached hydrogens (tertiary/aromatic N) is 6. The van der Waals surface area contributed by atoms with E-state index in [4.69, 9.17) is 9.26 Å². The molecule has 3 heterocycles. The Morgan fingerprint density at radius 1 is 1.16 bits per heavy atom. The highest BCUT2D eigenvalue weighted by Gasteiger charge is 2.12. The Bertz CT molecular complexity index is 945. The van der Waals surface area contributed by atoms with Crippen LogP contribution in [0.5, 0.6) is 5.75 Å². The van der Waals surface area contributed by atoms with Crippen molar-refractivity contribution in [3.05, 3.63) is 47.7 Å². The fourth-order valence-electron chi connectivity index (χ4n) is 2.24. The Morgan fingerprint density at radius 2 is 2.04 bits per heavy atom. The Balaban J connectivity index is 1.48. The van der Waals surface area contributed by atoms with Gasteiger partial charge in [0, 0.05) is 5.56 Å². The van der Waals surface area contributed by atoms with E-state index in [-0.39, 0.29) is 6.54 Å². The van der Waals surface area contributed by atoms with Gasteiger partial charge in [0.1, 0.15) is 12.3 Å². The van der Waals surface area contributed by atoms with Gasteiger partial charge in [-0.1, -0.05) is 11.2 Å². The maximum absolute atomic E-state index is 5.43. The molecule has 4 aromatic rings. The molecule has 0 saturated heterocycles. The number of hydrogen-bond acceptors (Lipinski definition) is 8. The van der Waals surface area contributed by atoms with Crippen LogP contribution in [0.2, 0.25) is 0 Å².